The number of nitrogens with one attached hydrogen (secondary N) is 1. The Morgan fingerprint density at radius 2 is 1.96 bits per heavy atom. The number of hydrogen-bond acceptors (Lipinski definition) is 5. The normalized spacial score (nSPS) is 10.0. The highest BCUT2D eigenvalue weighted by molar-refractivity contribution is 9.10. The summed E-state index contributed by atoms with van der Waals surface area (Å²) < 4.78 is 8.37. The molecule has 3 rings (SSSR count). The van der Waals surface area contributed by atoms with Crippen LogP contribution in [0.3, 0.4) is 0 Å². The fourth-order valence-corrected chi connectivity index (χ4v) is 2.26. The highest BCUT2D eigenvalue weighted by Gasteiger charge is 2.10. The molecule has 124 valence electrons. The second kappa shape index (κ2) is 7.89. The number of amidine groups is 1. The van der Waals surface area contributed by atoms with Gasteiger partial charge < -0.3 is 10.5 Å². The average molecular weight is 410 g/mol. The number of ether oxygens (including phenoxy) is 1. The Balaban J connectivity index is 0.00000208. The lowest BCUT2D eigenvalue weighted by Gasteiger charge is -2.12. The molecule has 1 aromatic heterocycles. The van der Waals surface area contributed by atoms with Gasteiger partial charge in [-0.05, 0) is 46.3 Å². The van der Waals surface area contributed by atoms with Crippen LogP contribution in [0.25, 0.3) is 5.69 Å². The van der Waals surface area contributed by atoms with E-state index in [9.17, 15) is 0 Å². The molecule has 0 amide bonds. The van der Waals surface area contributed by atoms with E-state index in [-0.39, 0.29) is 18.2 Å². The van der Waals surface area contributed by atoms with Crippen LogP contribution in [0.15, 0.2) is 53.3 Å². The molecular weight excluding hydrogens is 396 g/mol. The molecule has 0 spiro atoms. The van der Waals surface area contributed by atoms with E-state index in [2.05, 4.69) is 31.5 Å². The van der Waals surface area contributed by atoms with E-state index in [1.807, 2.05) is 24.3 Å². The van der Waals surface area contributed by atoms with E-state index >= 15 is 0 Å². The quantitative estimate of drug-likeness (QED) is 0.498. The molecule has 0 atom stereocenters. The zero-order chi connectivity index (χ0) is 16.2. The summed E-state index contributed by atoms with van der Waals surface area (Å²) in [7, 11) is 0. The van der Waals surface area contributed by atoms with Gasteiger partial charge in [-0.3, -0.25) is 5.41 Å². The van der Waals surface area contributed by atoms with Crippen molar-refractivity contribution in [1.29, 1.82) is 5.41 Å². The highest BCUT2D eigenvalue weighted by atomic mass is 79.9. The predicted octanol–water partition coefficient (Wildman–Crippen LogP) is 2.71. The Morgan fingerprint density at radius 3 is 2.58 bits per heavy atom. The third-order valence-electron chi connectivity index (χ3n) is 3.17. The van der Waals surface area contributed by atoms with E-state index in [4.69, 9.17) is 15.9 Å². The molecule has 0 aliphatic rings. The van der Waals surface area contributed by atoms with Crippen molar-refractivity contribution in [3.63, 3.8) is 0 Å². The molecule has 3 aromatic rings. The molecule has 0 saturated carbocycles. The lowest BCUT2D eigenvalue weighted by atomic mass is 10.1. The van der Waals surface area contributed by atoms with Gasteiger partial charge in [0, 0.05) is 10.0 Å². The first-order valence-electron chi connectivity index (χ1n) is 6.72. The number of nitrogens with zero attached hydrogens (tertiary/aromatic N) is 4. The SMILES string of the molecule is Cl.N=C(N)c1ccc(OCc2ccc(Br)cc2)c(-n2cnnn2)c1. The summed E-state index contributed by atoms with van der Waals surface area (Å²) in [5.41, 5.74) is 7.78. The lowest BCUT2D eigenvalue weighted by molar-refractivity contribution is 0.304. The second-order valence-electron chi connectivity index (χ2n) is 4.77. The fourth-order valence-electron chi connectivity index (χ4n) is 2.00. The molecule has 1 heterocycles. The number of tetrazole rings is 1. The van der Waals surface area contributed by atoms with Gasteiger partial charge in [0.15, 0.2) is 0 Å². The lowest BCUT2D eigenvalue weighted by Crippen LogP contribution is -2.12. The van der Waals surface area contributed by atoms with Gasteiger partial charge >= 0.3 is 0 Å². The standard InChI is InChI=1S/C15H13BrN6O.ClH/c16-12-4-1-10(2-5-12)8-23-14-6-3-11(15(17)18)7-13(14)22-9-19-20-21-22;/h1-7,9H,8H2,(H3,17,18);1H. The Labute approximate surface area is 152 Å². The van der Waals surface area contributed by atoms with Crippen LogP contribution in [-0.2, 0) is 6.61 Å². The molecule has 0 unspecified atom stereocenters. The summed E-state index contributed by atoms with van der Waals surface area (Å²) in [6.45, 7) is 0.405. The number of nitrogens with two attached hydrogens (primary N) is 1. The molecule has 0 fully saturated rings. The number of halogens is 2. The van der Waals surface area contributed by atoms with Crippen molar-refractivity contribution in [2.75, 3.05) is 0 Å². The number of nitrogen functional groups attached to an aromatic ring is 1. The molecule has 0 bridgehead atoms. The molecule has 24 heavy (non-hydrogen) atoms. The number of rotatable bonds is 5. The number of aromatic nitrogens is 4. The van der Waals surface area contributed by atoms with Crippen LogP contribution in [0.4, 0.5) is 0 Å². The van der Waals surface area contributed by atoms with Gasteiger partial charge in [0.2, 0.25) is 0 Å². The van der Waals surface area contributed by atoms with Crippen molar-refractivity contribution in [2.24, 2.45) is 5.73 Å². The molecule has 3 N–H and O–H groups in total. The summed E-state index contributed by atoms with van der Waals surface area (Å²) in [5.74, 6) is 0.573. The minimum Gasteiger partial charge on any atom is -0.487 e. The third kappa shape index (κ3) is 4.09. The van der Waals surface area contributed by atoms with Gasteiger partial charge in [0.1, 0.15) is 30.2 Å². The van der Waals surface area contributed by atoms with Crippen molar-refractivity contribution in [2.45, 2.75) is 6.61 Å². The molecule has 9 heteroatoms. The van der Waals surface area contributed by atoms with Crippen LogP contribution in [-0.4, -0.2) is 26.0 Å². The molecule has 0 aliphatic carbocycles. The minimum absolute atomic E-state index is 0. The van der Waals surface area contributed by atoms with E-state index in [1.165, 1.54) is 11.0 Å². The van der Waals surface area contributed by atoms with Gasteiger partial charge in [0.05, 0.1) is 0 Å². The van der Waals surface area contributed by atoms with Crippen LogP contribution >= 0.6 is 28.3 Å². The van der Waals surface area contributed by atoms with Gasteiger partial charge in [0.25, 0.3) is 0 Å². The highest BCUT2D eigenvalue weighted by Crippen LogP contribution is 2.24. The van der Waals surface area contributed by atoms with E-state index < -0.39 is 0 Å². The monoisotopic (exact) mass is 408 g/mol. The Bertz CT molecular complexity index is 822. The Kier molecular flexibility index (Phi) is 5.88. The predicted molar refractivity (Wildman–Crippen MR) is 95.9 cm³/mol. The third-order valence-corrected chi connectivity index (χ3v) is 3.70. The van der Waals surface area contributed by atoms with Gasteiger partial charge in [-0.2, -0.15) is 4.68 Å². The summed E-state index contributed by atoms with van der Waals surface area (Å²) in [6.07, 6.45) is 1.46. The summed E-state index contributed by atoms with van der Waals surface area (Å²) in [4.78, 5) is 0. The maximum atomic E-state index is 7.56. The smallest absolute Gasteiger partial charge is 0.145 e. The van der Waals surface area contributed by atoms with Crippen LogP contribution < -0.4 is 10.5 Å². The van der Waals surface area contributed by atoms with Crippen LogP contribution in [0.1, 0.15) is 11.1 Å². The number of hydrogen-bond donors (Lipinski definition) is 2. The van der Waals surface area contributed by atoms with Crippen LogP contribution in [0.5, 0.6) is 5.75 Å². The summed E-state index contributed by atoms with van der Waals surface area (Å²) >= 11 is 3.40. The first kappa shape index (κ1) is 17.9. The van der Waals surface area contributed by atoms with Crippen molar-refractivity contribution < 1.29 is 4.74 Å². The number of benzene rings is 2. The molecule has 0 radical (unpaired) electrons. The average Bonchev–Trinajstić information content (AvgIpc) is 3.08. The molecule has 2 aromatic carbocycles. The first-order chi connectivity index (χ1) is 11.1. The van der Waals surface area contributed by atoms with Crippen molar-refractivity contribution >= 4 is 34.2 Å². The zero-order valence-electron chi connectivity index (χ0n) is 12.4. The molecule has 7 nitrogen and oxygen atoms in total. The van der Waals surface area contributed by atoms with E-state index in [0.717, 1.165) is 10.0 Å². The van der Waals surface area contributed by atoms with Crippen molar-refractivity contribution in [3.05, 3.63) is 64.4 Å². The largest absolute Gasteiger partial charge is 0.487 e. The van der Waals surface area contributed by atoms with Gasteiger partial charge in [-0.1, -0.05) is 28.1 Å². The zero-order valence-corrected chi connectivity index (χ0v) is 14.8. The first-order valence-corrected chi connectivity index (χ1v) is 7.52. The van der Waals surface area contributed by atoms with E-state index in [0.29, 0.717) is 23.6 Å². The van der Waals surface area contributed by atoms with Crippen LogP contribution in [0, 0.1) is 5.41 Å². The van der Waals surface area contributed by atoms with Crippen molar-refractivity contribution in [3.8, 4) is 11.4 Å². The topological polar surface area (TPSA) is 103 Å². The second-order valence-corrected chi connectivity index (χ2v) is 5.68. The Hall–Kier alpha value is -2.45. The molecule has 0 saturated heterocycles. The maximum absolute atomic E-state index is 7.56. The Morgan fingerprint density at radius 1 is 1.21 bits per heavy atom. The van der Waals surface area contributed by atoms with Gasteiger partial charge in [-0.25, -0.2) is 0 Å². The van der Waals surface area contributed by atoms with Crippen LogP contribution in [0.2, 0.25) is 0 Å². The van der Waals surface area contributed by atoms with E-state index in [1.54, 1.807) is 18.2 Å². The molecular formula is C15H14BrClN6O. The molecule has 0 aliphatic heterocycles. The summed E-state index contributed by atoms with van der Waals surface area (Å²) in [6, 6.07) is 13.1. The fraction of sp³-hybridized carbons (Fsp3) is 0.0667. The maximum Gasteiger partial charge on any atom is 0.145 e. The van der Waals surface area contributed by atoms with Crippen molar-refractivity contribution in [1.82, 2.24) is 20.2 Å². The van der Waals surface area contributed by atoms with Gasteiger partial charge in [-0.15, -0.1) is 17.5 Å². The summed E-state index contributed by atoms with van der Waals surface area (Å²) in [5, 5.41) is 18.7. The minimum atomic E-state index is -0.0289.